The molecule has 4 aromatic rings. The molecule has 0 N–H and O–H groups in total. The van der Waals surface area contributed by atoms with E-state index in [0.717, 1.165) is 17.4 Å². The third-order valence-corrected chi connectivity index (χ3v) is 6.17. The van der Waals surface area contributed by atoms with Crippen LogP contribution in [0.3, 0.4) is 0 Å². The standard InChI is InChI=1S/C23H21N5O4S/c1-30-17-11-15-16(12-18(17)31-2)24-21(14-7-4-3-5-8-14)25-22(15)33-23-27-26-19(32-23)13-28-10-6-9-20(28)29/h3-5,7-8,11-12H,6,9-10,13H2,1-2H3. The molecule has 3 heterocycles. The number of ether oxygens (including phenoxy) is 2. The third-order valence-electron chi connectivity index (χ3n) is 5.33. The second kappa shape index (κ2) is 9.07. The van der Waals surface area contributed by atoms with Crippen molar-refractivity contribution < 1.29 is 18.7 Å². The second-order valence-corrected chi connectivity index (χ2v) is 8.37. The lowest BCUT2D eigenvalue weighted by molar-refractivity contribution is -0.128. The zero-order valence-corrected chi connectivity index (χ0v) is 19.0. The topological polar surface area (TPSA) is 103 Å². The molecule has 10 heteroatoms. The maximum atomic E-state index is 11.9. The molecule has 1 aliphatic rings. The van der Waals surface area contributed by atoms with Crippen molar-refractivity contribution in [2.45, 2.75) is 29.6 Å². The van der Waals surface area contributed by atoms with Crippen molar-refractivity contribution in [2.75, 3.05) is 20.8 Å². The highest BCUT2D eigenvalue weighted by Gasteiger charge is 2.23. The monoisotopic (exact) mass is 463 g/mol. The van der Waals surface area contributed by atoms with Crippen molar-refractivity contribution in [1.82, 2.24) is 25.1 Å². The summed E-state index contributed by atoms with van der Waals surface area (Å²) in [7, 11) is 3.17. The molecule has 0 unspecified atom stereocenters. The number of benzene rings is 2. The van der Waals surface area contributed by atoms with Crippen LogP contribution in [0.5, 0.6) is 11.5 Å². The van der Waals surface area contributed by atoms with Crippen molar-refractivity contribution in [3.05, 3.63) is 48.4 Å². The van der Waals surface area contributed by atoms with E-state index in [4.69, 9.17) is 23.9 Å². The molecule has 1 aliphatic heterocycles. The molecule has 1 fully saturated rings. The molecule has 0 radical (unpaired) electrons. The van der Waals surface area contributed by atoms with Crippen LogP contribution in [0.2, 0.25) is 0 Å². The fourth-order valence-corrected chi connectivity index (χ4v) is 4.47. The average Bonchev–Trinajstić information content (AvgIpc) is 3.47. The normalized spacial score (nSPS) is 13.6. The van der Waals surface area contributed by atoms with Crippen LogP contribution in [0.1, 0.15) is 18.7 Å². The lowest BCUT2D eigenvalue weighted by Crippen LogP contribution is -2.23. The van der Waals surface area contributed by atoms with Gasteiger partial charge in [0.25, 0.3) is 5.22 Å². The molecule has 0 atom stereocenters. The van der Waals surface area contributed by atoms with Gasteiger partial charge in [-0.15, -0.1) is 10.2 Å². The van der Waals surface area contributed by atoms with Crippen molar-refractivity contribution in [3.8, 4) is 22.9 Å². The van der Waals surface area contributed by atoms with Gasteiger partial charge in [-0.2, -0.15) is 0 Å². The lowest BCUT2D eigenvalue weighted by atomic mass is 10.2. The van der Waals surface area contributed by atoms with Crippen molar-refractivity contribution >= 4 is 28.6 Å². The largest absolute Gasteiger partial charge is 0.493 e. The maximum absolute atomic E-state index is 11.9. The molecule has 1 amide bonds. The Balaban J connectivity index is 1.53. The summed E-state index contributed by atoms with van der Waals surface area (Å²) in [4.78, 5) is 23.2. The first-order valence-corrected chi connectivity index (χ1v) is 11.2. The highest BCUT2D eigenvalue weighted by Crippen LogP contribution is 2.38. The summed E-state index contributed by atoms with van der Waals surface area (Å²) in [5, 5.41) is 10.0. The Morgan fingerprint density at radius 3 is 2.58 bits per heavy atom. The Labute approximate surface area is 194 Å². The maximum Gasteiger partial charge on any atom is 0.283 e. The van der Waals surface area contributed by atoms with E-state index in [1.54, 1.807) is 19.1 Å². The van der Waals surface area contributed by atoms with Gasteiger partial charge in [-0.25, -0.2) is 9.97 Å². The molecule has 5 rings (SSSR count). The van der Waals surface area contributed by atoms with Crippen LogP contribution >= 0.6 is 11.8 Å². The first-order chi connectivity index (χ1) is 16.1. The zero-order valence-electron chi connectivity index (χ0n) is 18.1. The summed E-state index contributed by atoms with van der Waals surface area (Å²) in [6.45, 7) is 1.03. The van der Waals surface area contributed by atoms with E-state index in [-0.39, 0.29) is 5.91 Å². The summed E-state index contributed by atoms with van der Waals surface area (Å²) in [6, 6.07) is 13.4. The number of hydrogen-bond acceptors (Lipinski definition) is 9. The fraction of sp³-hybridized carbons (Fsp3) is 0.261. The van der Waals surface area contributed by atoms with Crippen LogP contribution in [0, 0.1) is 0 Å². The Hall–Kier alpha value is -3.66. The van der Waals surface area contributed by atoms with Gasteiger partial charge in [0.15, 0.2) is 17.3 Å². The number of carbonyl (C=O) groups is 1. The van der Waals surface area contributed by atoms with Crippen LogP contribution in [-0.4, -0.2) is 51.7 Å². The summed E-state index contributed by atoms with van der Waals surface area (Å²) < 4.78 is 16.8. The van der Waals surface area contributed by atoms with Gasteiger partial charge in [-0.1, -0.05) is 30.3 Å². The molecule has 9 nitrogen and oxygen atoms in total. The summed E-state index contributed by atoms with van der Waals surface area (Å²) in [5.41, 5.74) is 1.58. The van der Waals surface area contributed by atoms with E-state index in [2.05, 4.69) is 10.2 Å². The predicted molar refractivity (Wildman–Crippen MR) is 121 cm³/mol. The van der Waals surface area contributed by atoms with Crippen LogP contribution in [0.25, 0.3) is 22.3 Å². The Kier molecular flexibility index (Phi) is 5.82. The first-order valence-electron chi connectivity index (χ1n) is 10.4. The summed E-state index contributed by atoms with van der Waals surface area (Å²) in [5.74, 6) is 2.22. The molecule has 2 aromatic heterocycles. The van der Waals surface area contributed by atoms with E-state index in [1.807, 2.05) is 42.5 Å². The molecule has 0 spiro atoms. The van der Waals surface area contributed by atoms with Gasteiger partial charge in [0, 0.05) is 30.0 Å². The SMILES string of the molecule is COc1cc2nc(-c3ccccc3)nc(Sc3nnc(CN4CCCC4=O)o3)c2cc1OC. The summed E-state index contributed by atoms with van der Waals surface area (Å²) >= 11 is 1.25. The smallest absolute Gasteiger partial charge is 0.283 e. The van der Waals surface area contributed by atoms with Crippen molar-refractivity contribution in [1.29, 1.82) is 0 Å². The molecule has 168 valence electrons. The third kappa shape index (κ3) is 4.34. The number of carbonyl (C=O) groups excluding carboxylic acids is 1. The van der Waals surface area contributed by atoms with E-state index < -0.39 is 0 Å². The van der Waals surface area contributed by atoms with Gasteiger partial charge in [-0.3, -0.25) is 4.79 Å². The average molecular weight is 464 g/mol. The Morgan fingerprint density at radius 1 is 1.06 bits per heavy atom. The minimum atomic E-state index is 0.109. The number of rotatable bonds is 7. The molecular formula is C23H21N5O4S. The Morgan fingerprint density at radius 2 is 1.85 bits per heavy atom. The zero-order chi connectivity index (χ0) is 22.8. The molecule has 2 aromatic carbocycles. The van der Waals surface area contributed by atoms with Gasteiger partial charge in [0.05, 0.1) is 26.3 Å². The quantitative estimate of drug-likeness (QED) is 0.377. The van der Waals surface area contributed by atoms with E-state index >= 15 is 0 Å². The number of hydrogen-bond donors (Lipinski definition) is 0. The van der Waals surface area contributed by atoms with Crippen LogP contribution in [-0.2, 0) is 11.3 Å². The second-order valence-electron chi connectivity index (χ2n) is 7.43. The first kappa shape index (κ1) is 21.2. The van der Waals surface area contributed by atoms with Gasteiger partial charge in [-0.05, 0) is 24.2 Å². The van der Waals surface area contributed by atoms with E-state index in [0.29, 0.717) is 58.5 Å². The predicted octanol–water partition coefficient (Wildman–Crippen LogP) is 3.97. The molecule has 33 heavy (non-hydrogen) atoms. The molecule has 1 saturated heterocycles. The van der Waals surface area contributed by atoms with Gasteiger partial charge < -0.3 is 18.8 Å². The molecule has 0 aliphatic carbocycles. The number of amides is 1. The van der Waals surface area contributed by atoms with Gasteiger partial charge in [0.1, 0.15) is 5.03 Å². The van der Waals surface area contributed by atoms with Crippen LogP contribution in [0.15, 0.2) is 57.1 Å². The molecule has 0 bridgehead atoms. The molecule has 0 saturated carbocycles. The van der Waals surface area contributed by atoms with Gasteiger partial charge in [0.2, 0.25) is 11.8 Å². The van der Waals surface area contributed by atoms with E-state index in [1.165, 1.54) is 11.8 Å². The van der Waals surface area contributed by atoms with E-state index in [9.17, 15) is 4.79 Å². The van der Waals surface area contributed by atoms with Crippen molar-refractivity contribution in [3.63, 3.8) is 0 Å². The number of fused-ring (bicyclic) bond motifs is 1. The number of likely N-dealkylation sites (tertiary alicyclic amines) is 1. The number of nitrogens with zero attached hydrogens (tertiary/aromatic N) is 5. The molecular weight excluding hydrogens is 442 g/mol. The minimum absolute atomic E-state index is 0.109. The lowest BCUT2D eigenvalue weighted by Gasteiger charge is -2.12. The Bertz CT molecular complexity index is 1310. The minimum Gasteiger partial charge on any atom is -0.493 e. The highest BCUT2D eigenvalue weighted by atomic mass is 32.2. The van der Waals surface area contributed by atoms with Crippen LogP contribution in [0.4, 0.5) is 0 Å². The number of aromatic nitrogens is 4. The van der Waals surface area contributed by atoms with Crippen molar-refractivity contribution in [2.24, 2.45) is 0 Å². The fourth-order valence-electron chi connectivity index (χ4n) is 3.68. The van der Waals surface area contributed by atoms with Gasteiger partial charge >= 0.3 is 0 Å². The van der Waals surface area contributed by atoms with Crippen LogP contribution < -0.4 is 9.47 Å². The summed E-state index contributed by atoms with van der Waals surface area (Å²) in [6.07, 6.45) is 1.42. The number of methoxy groups -OCH3 is 2. The highest BCUT2D eigenvalue weighted by molar-refractivity contribution is 7.99.